The Balaban J connectivity index is 1.47. The highest BCUT2D eigenvalue weighted by Gasteiger charge is 2.20. The summed E-state index contributed by atoms with van der Waals surface area (Å²) in [7, 11) is 5.00. The van der Waals surface area contributed by atoms with Gasteiger partial charge in [-0.15, -0.1) is 0 Å². The van der Waals surface area contributed by atoms with E-state index in [1.165, 1.54) is 12.1 Å². The summed E-state index contributed by atoms with van der Waals surface area (Å²) in [5.41, 5.74) is 13.6. The fraction of sp³-hybridized carbons (Fsp3) is 0.0638. The molecule has 3 aromatic heterocycles. The zero-order chi connectivity index (χ0) is 37.5. The first kappa shape index (κ1) is 33.6. The fourth-order valence-corrected chi connectivity index (χ4v) is 7.37. The highest BCUT2D eigenvalue weighted by molar-refractivity contribution is 6.00. The largest absolute Gasteiger partial charge is 0.497 e. The minimum atomic E-state index is -0.317. The summed E-state index contributed by atoms with van der Waals surface area (Å²) < 4.78 is 31.3. The molecule has 0 atom stereocenters. The molecule has 4 aromatic carbocycles. The maximum Gasteiger partial charge on any atom is 0.123 e. The van der Waals surface area contributed by atoms with Gasteiger partial charge in [0.25, 0.3) is 0 Å². The predicted octanol–water partition coefficient (Wildman–Crippen LogP) is 11.5. The molecule has 0 fully saturated rings. The van der Waals surface area contributed by atoms with E-state index in [0.29, 0.717) is 11.4 Å². The Labute approximate surface area is 317 Å². The molecule has 7 aromatic rings. The van der Waals surface area contributed by atoms with Crippen LogP contribution >= 0.6 is 0 Å². The second-order valence-corrected chi connectivity index (χ2v) is 13.2. The Hall–Kier alpha value is -7.19. The van der Waals surface area contributed by atoms with Crippen LogP contribution in [0.3, 0.4) is 0 Å². The lowest BCUT2D eigenvalue weighted by Gasteiger charge is -2.08. The zero-order valence-corrected chi connectivity index (χ0v) is 30.4. The number of fused-ring (bicyclic) bond motifs is 8. The molecule has 7 nitrogen and oxygen atoms in total. The van der Waals surface area contributed by atoms with Crippen LogP contribution in [0.5, 0.6) is 17.2 Å². The summed E-state index contributed by atoms with van der Waals surface area (Å²) in [6, 6.07) is 38.9. The number of H-pyrrole nitrogens is 2. The van der Waals surface area contributed by atoms with Crippen molar-refractivity contribution >= 4 is 46.4 Å². The molecular weight excluding hydrogens is 687 g/mol. The van der Waals surface area contributed by atoms with Gasteiger partial charge in [-0.3, -0.25) is 0 Å². The van der Waals surface area contributed by atoms with E-state index in [9.17, 15) is 4.39 Å². The summed E-state index contributed by atoms with van der Waals surface area (Å²) in [6.07, 6.45) is 8.05. The summed E-state index contributed by atoms with van der Waals surface area (Å²) in [5, 5.41) is 0. The maximum absolute atomic E-state index is 14.3. The van der Waals surface area contributed by atoms with E-state index < -0.39 is 0 Å². The zero-order valence-electron chi connectivity index (χ0n) is 30.4. The van der Waals surface area contributed by atoms with Gasteiger partial charge in [-0.25, -0.2) is 14.4 Å². The van der Waals surface area contributed by atoms with Gasteiger partial charge in [0.1, 0.15) is 23.1 Å². The van der Waals surface area contributed by atoms with E-state index in [1.54, 1.807) is 33.5 Å². The van der Waals surface area contributed by atoms with Crippen molar-refractivity contribution < 1.29 is 18.6 Å². The lowest BCUT2D eigenvalue weighted by Crippen LogP contribution is -1.92. The SMILES string of the molecule is COc1cccc(-c2c3nc(c(-c4ccc([18F])cc4)c4nc(c(-c5cccc(OC)c5)c5ccc([nH]5)c(-c5cccc(OC)c5)c5ccc2[nH]5)C=C4)C=C3)c1. The van der Waals surface area contributed by atoms with Gasteiger partial charge < -0.3 is 24.2 Å². The summed E-state index contributed by atoms with van der Waals surface area (Å²) in [5.74, 6) is 1.89. The van der Waals surface area contributed by atoms with Crippen LogP contribution in [0.1, 0.15) is 22.8 Å². The van der Waals surface area contributed by atoms with Gasteiger partial charge in [0.05, 0.1) is 44.1 Å². The molecule has 9 rings (SSSR count). The number of ether oxygens (including phenoxy) is 3. The Morgan fingerprint density at radius 1 is 0.400 bits per heavy atom. The van der Waals surface area contributed by atoms with Gasteiger partial charge in [-0.2, -0.15) is 0 Å². The summed E-state index contributed by atoms with van der Waals surface area (Å²) in [4.78, 5) is 18.1. The van der Waals surface area contributed by atoms with Gasteiger partial charge >= 0.3 is 0 Å². The van der Waals surface area contributed by atoms with Crippen molar-refractivity contribution in [2.45, 2.75) is 0 Å². The van der Waals surface area contributed by atoms with Crippen molar-refractivity contribution in [3.63, 3.8) is 0 Å². The molecule has 2 aliphatic rings. The average Bonchev–Trinajstić information content (AvgIpc) is 4.07. The fourth-order valence-electron chi connectivity index (χ4n) is 7.37. The van der Waals surface area contributed by atoms with Gasteiger partial charge in [0.2, 0.25) is 0 Å². The Bertz CT molecular complexity index is 2700. The van der Waals surface area contributed by atoms with E-state index in [2.05, 4.69) is 52.4 Å². The quantitative estimate of drug-likeness (QED) is 0.171. The van der Waals surface area contributed by atoms with Gasteiger partial charge in [0, 0.05) is 44.3 Å². The lowest BCUT2D eigenvalue weighted by molar-refractivity contribution is 0.415. The number of aromatic nitrogens is 4. The molecule has 2 aliphatic heterocycles. The third-order valence-electron chi connectivity index (χ3n) is 9.96. The van der Waals surface area contributed by atoms with E-state index in [0.717, 1.165) is 95.2 Å². The van der Waals surface area contributed by atoms with Crippen molar-refractivity contribution in [1.29, 1.82) is 0 Å². The first-order valence-corrected chi connectivity index (χ1v) is 17.8. The predicted molar refractivity (Wildman–Crippen MR) is 220 cm³/mol. The molecule has 0 saturated carbocycles. The van der Waals surface area contributed by atoms with E-state index in [-0.39, 0.29) is 5.82 Å². The Kier molecular flexibility index (Phi) is 8.55. The molecule has 0 spiro atoms. The van der Waals surface area contributed by atoms with Crippen LogP contribution in [0.25, 0.3) is 90.9 Å². The number of hydrogen-bond acceptors (Lipinski definition) is 5. The molecule has 0 saturated heterocycles. The summed E-state index contributed by atoms with van der Waals surface area (Å²) >= 11 is 0. The molecule has 8 heteroatoms. The van der Waals surface area contributed by atoms with E-state index >= 15 is 0 Å². The van der Waals surface area contributed by atoms with Gasteiger partial charge in [0.15, 0.2) is 0 Å². The van der Waals surface area contributed by atoms with Crippen molar-refractivity contribution in [3.8, 4) is 61.8 Å². The average molecular weight is 722 g/mol. The molecule has 2 N–H and O–H groups in total. The lowest BCUT2D eigenvalue weighted by atomic mass is 10.0. The van der Waals surface area contributed by atoms with Crippen LogP contribution in [0.15, 0.2) is 121 Å². The van der Waals surface area contributed by atoms with Crippen LogP contribution in [0, 0.1) is 5.82 Å². The van der Waals surface area contributed by atoms with E-state index in [1.807, 2.05) is 78.9 Å². The van der Waals surface area contributed by atoms with Crippen molar-refractivity contribution in [2.75, 3.05) is 21.3 Å². The first-order chi connectivity index (χ1) is 27.0. The molecule has 5 heterocycles. The molecule has 0 aliphatic carbocycles. The number of halogens is 1. The van der Waals surface area contributed by atoms with Gasteiger partial charge in [-0.1, -0.05) is 48.5 Å². The standard InChI is InChI=1S/C47H35FN4O3/c1-53-33-10-4-7-29(25-33)45-38-19-17-36(49-38)44(28-13-15-32(48)16-14-28)37-18-20-39(50-37)46(30-8-5-11-34(26-30)54-2)41-22-24-43(52-41)47(42-23-21-40(45)51-42)31-9-6-12-35(27-31)55-3/h4-27,51-52H,1-3H3/i48-1. The Morgan fingerprint density at radius 3 is 1.16 bits per heavy atom. The smallest absolute Gasteiger partial charge is 0.123 e. The molecule has 0 unspecified atom stereocenters. The van der Waals surface area contributed by atoms with Gasteiger partial charge in [-0.05, 0) is 119 Å². The number of hydrogen-bond donors (Lipinski definition) is 2. The monoisotopic (exact) mass is 721 g/mol. The number of aromatic amines is 2. The molecule has 55 heavy (non-hydrogen) atoms. The number of methoxy groups -OCH3 is 3. The molecule has 8 bridgehead atoms. The van der Waals surface area contributed by atoms with Crippen LogP contribution in [0.4, 0.5) is 4.39 Å². The number of nitrogens with zero attached hydrogens (tertiary/aromatic N) is 2. The minimum Gasteiger partial charge on any atom is -0.497 e. The van der Waals surface area contributed by atoms with Crippen LogP contribution < -0.4 is 14.2 Å². The van der Waals surface area contributed by atoms with Crippen molar-refractivity contribution in [2.24, 2.45) is 0 Å². The minimum absolute atomic E-state index is 0.317. The van der Waals surface area contributed by atoms with Crippen LogP contribution in [-0.2, 0) is 0 Å². The molecule has 0 radical (unpaired) electrons. The molecule has 0 amide bonds. The van der Waals surface area contributed by atoms with Crippen LogP contribution in [0.2, 0.25) is 0 Å². The Morgan fingerprint density at radius 2 is 0.764 bits per heavy atom. The maximum atomic E-state index is 14.3. The number of nitrogens with one attached hydrogen (secondary N) is 2. The van der Waals surface area contributed by atoms with E-state index in [4.69, 9.17) is 24.2 Å². The highest BCUT2D eigenvalue weighted by Crippen LogP contribution is 2.39. The number of benzene rings is 4. The normalized spacial score (nSPS) is 11.9. The number of rotatable bonds is 7. The second-order valence-electron chi connectivity index (χ2n) is 13.2. The topological polar surface area (TPSA) is 85.1 Å². The van der Waals surface area contributed by atoms with Crippen LogP contribution in [-0.4, -0.2) is 41.3 Å². The molecule has 268 valence electrons. The molecular formula is C47H35FN4O3. The third kappa shape index (κ3) is 6.23. The van der Waals surface area contributed by atoms with Crippen molar-refractivity contribution in [1.82, 2.24) is 19.9 Å². The highest BCUT2D eigenvalue weighted by atomic mass is 18.2. The van der Waals surface area contributed by atoms with Crippen molar-refractivity contribution in [3.05, 3.63) is 150 Å². The second kappa shape index (κ2) is 14.0. The first-order valence-electron chi connectivity index (χ1n) is 17.8. The summed E-state index contributed by atoms with van der Waals surface area (Å²) in [6.45, 7) is 0. The third-order valence-corrected chi connectivity index (χ3v) is 9.96.